The van der Waals surface area contributed by atoms with Gasteiger partial charge in [-0.1, -0.05) is 30.3 Å². The average Bonchev–Trinajstić information content (AvgIpc) is 2.82. The third-order valence-electron chi connectivity index (χ3n) is 5.44. The van der Waals surface area contributed by atoms with E-state index in [4.69, 9.17) is 4.74 Å². The highest BCUT2D eigenvalue weighted by molar-refractivity contribution is 5.89. The lowest BCUT2D eigenvalue weighted by Crippen LogP contribution is -2.34. The van der Waals surface area contributed by atoms with Crippen LogP contribution in [-0.4, -0.2) is 36.3 Å². The lowest BCUT2D eigenvalue weighted by atomic mass is 9.94. The monoisotopic (exact) mass is 472 g/mol. The van der Waals surface area contributed by atoms with Gasteiger partial charge in [0.1, 0.15) is 5.75 Å². The van der Waals surface area contributed by atoms with Crippen molar-refractivity contribution in [2.24, 2.45) is 0 Å². The normalized spacial score (nSPS) is 11.2. The fourth-order valence-electron chi connectivity index (χ4n) is 3.67. The first-order valence-corrected chi connectivity index (χ1v) is 10.9. The Balaban J connectivity index is 2.04. The van der Waals surface area contributed by atoms with E-state index >= 15 is 0 Å². The first kappa shape index (κ1) is 25.1. The van der Waals surface area contributed by atoms with Gasteiger partial charge in [0.2, 0.25) is 0 Å². The van der Waals surface area contributed by atoms with Crippen molar-refractivity contribution >= 4 is 11.7 Å². The number of rotatable bonds is 8. The van der Waals surface area contributed by atoms with Gasteiger partial charge < -0.3 is 20.1 Å². The van der Waals surface area contributed by atoms with E-state index in [2.05, 4.69) is 5.32 Å². The van der Waals surface area contributed by atoms with Crippen molar-refractivity contribution in [3.63, 3.8) is 0 Å². The summed E-state index contributed by atoms with van der Waals surface area (Å²) in [4.78, 5) is 14.3. The van der Waals surface area contributed by atoms with Crippen molar-refractivity contribution in [3.05, 3.63) is 83.4 Å². The Morgan fingerprint density at radius 1 is 1.03 bits per heavy atom. The molecule has 0 aliphatic rings. The minimum absolute atomic E-state index is 0.0399. The zero-order chi connectivity index (χ0) is 24.7. The van der Waals surface area contributed by atoms with Gasteiger partial charge >= 0.3 is 12.2 Å². The van der Waals surface area contributed by atoms with Crippen LogP contribution in [0.3, 0.4) is 0 Å². The van der Waals surface area contributed by atoms with E-state index in [9.17, 15) is 23.1 Å². The van der Waals surface area contributed by atoms with E-state index in [1.807, 2.05) is 6.07 Å². The van der Waals surface area contributed by atoms with Crippen LogP contribution < -0.4 is 10.1 Å². The van der Waals surface area contributed by atoms with Gasteiger partial charge in [-0.05, 0) is 66.4 Å². The second kappa shape index (κ2) is 11.1. The summed E-state index contributed by atoms with van der Waals surface area (Å²) in [5.74, 6) is 0.486. The van der Waals surface area contributed by atoms with Crippen LogP contribution in [0.1, 0.15) is 23.6 Å². The minimum Gasteiger partial charge on any atom is -0.496 e. The number of anilines is 1. The number of aliphatic hydroxyl groups is 1. The summed E-state index contributed by atoms with van der Waals surface area (Å²) < 4.78 is 46.1. The maximum atomic E-state index is 13.5. The van der Waals surface area contributed by atoms with Crippen molar-refractivity contribution < 1.29 is 27.8 Å². The van der Waals surface area contributed by atoms with Crippen LogP contribution in [0, 0.1) is 0 Å². The van der Waals surface area contributed by atoms with Gasteiger partial charge in [0.15, 0.2) is 0 Å². The number of carbonyl (C=O) groups excluding carboxylic acids is 1. The lowest BCUT2D eigenvalue weighted by molar-refractivity contribution is -0.137. The number of ether oxygens (including phenoxy) is 1. The zero-order valence-electron chi connectivity index (χ0n) is 19.0. The molecule has 3 rings (SSSR count). The van der Waals surface area contributed by atoms with Crippen LogP contribution in [0.4, 0.5) is 23.7 Å². The number of alkyl halides is 3. The van der Waals surface area contributed by atoms with Crippen LogP contribution in [-0.2, 0) is 19.1 Å². The molecule has 2 N–H and O–H groups in total. The molecule has 0 aromatic heterocycles. The fourth-order valence-corrected chi connectivity index (χ4v) is 3.67. The average molecular weight is 473 g/mol. The summed E-state index contributed by atoms with van der Waals surface area (Å²) in [6.45, 7) is 1.95. The summed E-state index contributed by atoms with van der Waals surface area (Å²) in [7, 11) is 1.49. The molecule has 8 heteroatoms. The Morgan fingerprint density at radius 3 is 2.38 bits per heavy atom. The van der Waals surface area contributed by atoms with Gasteiger partial charge in [0, 0.05) is 30.9 Å². The van der Waals surface area contributed by atoms with E-state index in [-0.39, 0.29) is 19.7 Å². The topological polar surface area (TPSA) is 61.8 Å². The Morgan fingerprint density at radius 2 is 1.76 bits per heavy atom. The molecule has 3 aromatic rings. The maximum Gasteiger partial charge on any atom is 0.416 e. The summed E-state index contributed by atoms with van der Waals surface area (Å²) in [5.41, 5.74) is 2.06. The highest BCUT2D eigenvalue weighted by Crippen LogP contribution is 2.38. The Labute approximate surface area is 196 Å². The molecule has 0 fully saturated rings. The summed E-state index contributed by atoms with van der Waals surface area (Å²) in [6, 6.07) is 17.3. The molecule has 180 valence electrons. The number of halogens is 3. The van der Waals surface area contributed by atoms with Gasteiger partial charge in [-0.15, -0.1) is 0 Å². The Hall–Kier alpha value is -3.52. The Bertz CT molecular complexity index is 1120. The van der Waals surface area contributed by atoms with E-state index < -0.39 is 17.8 Å². The molecule has 5 nitrogen and oxygen atoms in total. The van der Waals surface area contributed by atoms with E-state index in [1.165, 1.54) is 18.1 Å². The molecule has 34 heavy (non-hydrogen) atoms. The molecule has 0 radical (unpaired) electrons. The quantitative estimate of drug-likeness (QED) is 0.425. The zero-order valence-corrected chi connectivity index (χ0v) is 19.0. The minimum atomic E-state index is -4.53. The summed E-state index contributed by atoms with van der Waals surface area (Å²) >= 11 is 0. The molecule has 2 amide bonds. The number of benzene rings is 3. The molecule has 0 bridgehead atoms. The third kappa shape index (κ3) is 6.08. The summed E-state index contributed by atoms with van der Waals surface area (Å²) in [6.07, 6.45) is -4.13. The van der Waals surface area contributed by atoms with Crippen LogP contribution in [0.2, 0.25) is 0 Å². The number of nitrogens with zero attached hydrogens (tertiary/aromatic N) is 1. The number of hydrogen-bond acceptors (Lipinski definition) is 3. The van der Waals surface area contributed by atoms with Crippen molar-refractivity contribution in [1.29, 1.82) is 0 Å². The molecular formula is C26H27F3N2O3. The lowest BCUT2D eigenvalue weighted by Gasteiger charge is -2.24. The van der Waals surface area contributed by atoms with Gasteiger partial charge in [-0.2, -0.15) is 13.2 Å². The number of methoxy groups -OCH3 is 1. The standard InChI is InChI=1S/C26H27F3N2O3/c1-3-31(25(33)30-21-7-5-4-6-8-21)17-19-16-20(26(27,28)29)10-11-22(19)23-15-18(13-14-32)9-12-24(23)34-2/h4-12,15-16,32H,3,13-14,17H2,1-2H3,(H,30,33). The van der Waals surface area contributed by atoms with E-state index in [0.717, 1.165) is 17.7 Å². The van der Waals surface area contributed by atoms with Crippen molar-refractivity contribution in [2.75, 3.05) is 25.6 Å². The number of hydrogen-bond donors (Lipinski definition) is 2. The van der Waals surface area contributed by atoms with Gasteiger partial charge in [-0.3, -0.25) is 0 Å². The number of nitrogens with one attached hydrogen (secondary N) is 1. The first-order valence-electron chi connectivity index (χ1n) is 10.9. The van der Waals surface area contributed by atoms with Crippen LogP contribution in [0.15, 0.2) is 66.7 Å². The molecule has 0 saturated heterocycles. The number of carbonyl (C=O) groups is 1. The molecule has 0 saturated carbocycles. The van der Waals surface area contributed by atoms with Crippen LogP contribution >= 0.6 is 0 Å². The summed E-state index contributed by atoms with van der Waals surface area (Å²) in [5, 5.41) is 12.1. The molecule has 3 aromatic carbocycles. The maximum absolute atomic E-state index is 13.5. The number of amides is 2. The first-order chi connectivity index (χ1) is 16.3. The van der Waals surface area contributed by atoms with Gasteiger partial charge in [0.05, 0.1) is 12.7 Å². The number of urea groups is 1. The van der Waals surface area contributed by atoms with Crippen LogP contribution in [0.25, 0.3) is 11.1 Å². The number of aliphatic hydroxyl groups excluding tert-OH is 1. The molecular weight excluding hydrogens is 445 g/mol. The molecule has 0 spiro atoms. The SMILES string of the molecule is CCN(Cc1cc(C(F)(F)F)ccc1-c1cc(CCO)ccc1OC)C(=O)Nc1ccccc1. The van der Waals surface area contributed by atoms with Gasteiger partial charge in [-0.25, -0.2) is 4.79 Å². The third-order valence-corrected chi connectivity index (χ3v) is 5.44. The van der Waals surface area contributed by atoms with E-state index in [1.54, 1.807) is 49.4 Å². The van der Waals surface area contributed by atoms with E-state index in [0.29, 0.717) is 34.5 Å². The van der Waals surface area contributed by atoms with Crippen LogP contribution in [0.5, 0.6) is 5.75 Å². The van der Waals surface area contributed by atoms with Gasteiger partial charge in [0.25, 0.3) is 0 Å². The predicted octanol–water partition coefficient (Wildman–Crippen LogP) is 5.97. The highest BCUT2D eigenvalue weighted by atomic mass is 19.4. The smallest absolute Gasteiger partial charge is 0.416 e. The molecule has 0 aliphatic heterocycles. The second-order valence-electron chi connectivity index (χ2n) is 7.69. The Kier molecular flexibility index (Phi) is 8.17. The van der Waals surface area contributed by atoms with Crippen molar-refractivity contribution in [2.45, 2.75) is 26.1 Å². The largest absolute Gasteiger partial charge is 0.496 e. The molecule has 0 heterocycles. The predicted molar refractivity (Wildman–Crippen MR) is 126 cm³/mol. The number of para-hydroxylation sites is 1. The van der Waals surface area contributed by atoms with Crippen molar-refractivity contribution in [1.82, 2.24) is 4.90 Å². The highest BCUT2D eigenvalue weighted by Gasteiger charge is 2.31. The molecule has 0 aliphatic carbocycles. The van der Waals surface area contributed by atoms with Crippen molar-refractivity contribution in [3.8, 4) is 16.9 Å². The molecule has 0 unspecified atom stereocenters. The second-order valence-corrected chi connectivity index (χ2v) is 7.69. The fraction of sp³-hybridized carbons (Fsp3) is 0.269. The molecule has 0 atom stereocenters.